The van der Waals surface area contributed by atoms with Crippen molar-refractivity contribution in [2.75, 3.05) is 25.0 Å². The van der Waals surface area contributed by atoms with Crippen LogP contribution in [0.5, 0.6) is 0 Å². The monoisotopic (exact) mass is 413 g/mol. The highest BCUT2D eigenvalue weighted by atomic mass is 32.1. The van der Waals surface area contributed by atoms with Gasteiger partial charge in [-0.2, -0.15) is 5.10 Å². The van der Waals surface area contributed by atoms with E-state index in [9.17, 15) is 4.79 Å². The Morgan fingerprint density at radius 2 is 2.14 bits per heavy atom. The largest absolute Gasteiger partial charge is 0.347 e. The topological polar surface area (TPSA) is 91.7 Å². The van der Waals surface area contributed by atoms with E-state index in [1.54, 1.807) is 40.6 Å². The van der Waals surface area contributed by atoms with Crippen LogP contribution in [0.1, 0.15) is 12.8 Å². The molecule has 0 aromatic carbocycles. The van der Waals surface area contributed by atoms with E-state index in [1.165, 1.54) is 24.2 Å². The van der Waals surface area contributed by atoms with Gasteiger partial charge in [0.15, 0.2) is 19.9 Å². The Morgan fingerprint density at radius 1 is 1.25 bits per heavy atom. The molecule has 28 heavy (non-hydrogen) atoms. The SMILES string of the molecule is CN(c1nc2sc(-n3ccc(-c4cn[nH]c4)cc3=O)nc2s1)[C@H]1CCCNC1. The van der Waals surface area contributed by atoms with Crippen LogP contribution in [0, 0.1) is 0 Å². The van der Waals surface area contributed by atoms with Gasteiger partial charge in [0.25, 0.3) is 5.56 Å². The summed E-state index contributed by atoms with van der Waals surface area (Å²) in [5.41, 5.74) is 1.60. The fourth-order valence-corrected chi connectivity index (χ4v) is 5.48. The van der Waals surface area contributed by atoms with E-state index in [1.807, 2.05) is 6.07 Å². The molecule has 8 nitrogen and oxygen atoms in total. The number of thiazole rings is 2. The zero-order chi connectivity index (χ0) is 19.1. The van der Waals surface area contributed by atoms with Crippen LogP contribution in [0.4, 0.5) is 5.13 Å². The Hall–Kier alpha value is -2.56. The number of aromatic nitrogens is 5. The number of piperidine rings is 1. The molecule has 0 radical (unpaired) electrons. The van der Waals surface area contributed by atoms with Gasteiger partial charge in [0.05, 0.1) is 6.20 Å². The van der Waals surface area contributed by atoms with E-state index in [0.717, 1.165) is 39.0 Å². The van der Waals surface area contributed by atoms with E-state index in [4.69, 9.17) is 4.98 Å². The lowest BCUT2D eigenvalue weighted by molar-refractivity contribution is 0.445. The van der Waals surface area contributed by atoms with Crippen molar-refractivity contribution >= 4 is 37.5 Å². The molecule has 2 N–H and O–H groups in total. The number of H-pyrrole nitrogens is 1. The standard InChI is InChI=1S/C18H19N7OS2/c1-24(13-3-2-5-19-10-13)17-22-15-16(27-17)23-18(28-15)25-6-4-11(7-14(25)26)12-8-20-21-9-12/h4,6-9,13,19H,2-3,5,10H2,1H3,(H,20,21)/t13-/m0/s1. The van der Waals surface area contributed by atoms with Gasteiger partial charge in [0, 0.05) is 43.7 Å². The molecule has 0 spiro atoms. The second-order valence-electron chi connectivity index (χ2n) is 6.82. The summed E-state index contributed by atoms with van der Waals surface area (Å²) in [5, 5.41) is 11.8. The number of anilines is 1. The third-order valence-electron chi connectivity index (χ3n) is 5.03. The highest BCUT2D eigenvalue weighted by molar-refractivity contribution is 7.29. The zero-order valence-corrected chi connectivity index (χ0v) is 16.9. The molecule has 4 aromatic rings. The van der Waals surface area contributed by atoms with Gasteiger partial charge in [0.2, 0.25) is 0 Å². The fraction of sp³-hybridized carbons (Fsp3) is 0.333. The van der Waals surface area contributed by atoms with Crippen LogP contribution in [0.2, 0.25) is 0 Å². The maximum Gasteiger partial charge on any atom is 0.257 e. The predicted octanol–water partition coefficient (Wildman–Crippen LogP) is 2.48. The Morgan fingerprint density at radius 3 is 2.86 bits per heavy atom. The first-order valence-corrected chi connectivity index (χ1v) is 10.8. The Labute approximate surface area is 168 Å². The van der Waals surface area contributed by atoms with Gasteiger partial charge < -0.3 is 10.2 Å². The van der Waals surface area contributed by atoms with Crippen LogP contribution in [0.15, 0.2) is 35.5 Å². The molecule has 0 amide bonds. The number of pyridine rings is 1. The lowest BCUT2D eigenvalue weighted by Gasteiger charge is -2.31. The van der Waals surface area contributed by atoms with Gasteiger partial charge in [-0.15, -0.1) is 0 Å². The molecule has 0 bridgehead atoms. The minimum Gasteiger partial charge on any atom is -0.347 e. The third-order valence-corrected chi connectivity index (χ3v) is 7.15. The van der Waals surface area contributed by atoms with Gasteiger partial charge in [-0.25, -0.2) is 9.97 Å². The van der Waals surface area contributed by atoms with Crippen LogP contribution in [-0.4, -0.2) is 50.9 Å². The van der Waals surface area contributed by atoms with Crippen molar-refractivity contribution in [3.8, 4) is 16.3 Å². The first kappa shape index (κ1) is 17.5. The Kier molecular flexibility index (Phi) is 4.46. The first-order valence-electron chi connectivity index (χ1n) is 9.12. The maximum absolute atomic E-state index is 12.6. The first-order chi connectivity index (χ1) is 13.7. The van der Waals surface area contributed by atoms with Crippen LogP contribution in [0.3, 0.4) is 0 Å². The molecule has 0 aliphatic carbocycles. The molecule has 1 fully saturated rings. The minimum absolute atomic E-state index is 0.120. The fourth-order valence-electron chi connectivity index (χ4n) is 3.42. The molecule has 1 saturated heterocycles. The van der Waals surface area contributed by atoms with E-state index < -0.39 is 0 Å². The quantitative estimate of drug-likeness (QED) is 0.534. The highest BCUT2D eigenvalue weighted by Gasteiger charge is 2.22. The number of nitrogens with zero attached hydrogens (tertiary/aromatic N) is 5. The molecule has 4 aromatic heterocycles. The second kappa shape index (κ2) is 7.12. The summed E-state index contributed by atoms with van der Waals surface area (Å²) in [4.78, 5) is 26.0. The van der Waals surface area contributed by atoms with E-state index in [-0.39, 0.29) is 5.56 Å². The minimum atomic E-state index is -0.120. The van der Waals surface area contributed by atoms with Gasteiger partial charge in [0.1, 0.15) is 0 Å². The molecule has 10 heteroatoms. The Balaban J connectivity index is 1.43. The number of nitrogens with one attached hydrogen (secondary N) is 2. The van der Waals surface area contributed by atoms with Crippen molar-refractivity contribution < 1.29 is 0 Å². The summed E-state index contributed by atoms with van der Waals surface area (Å²) in [6, 6.07) is 3.96. The Bertz CT molecular complexity index is 1120. The molecule has 5 heterocycles. The lowest BCUT2D eigenvalue weighted by Crippen LogP contribution is -2.44. The van der Waals surface area contributed by atoms with Gasteiger partial charge in [-0.05, 0) is 31.0 Å². The number of hydrogen-bond donors (Lipinski definition) is 2. The van der Waals surface area contributed by atoms with E-state index in [2.05, 4.69) is 32.4 Å². The van der Waals surface area contributed by atoms with Crippen LogP contribution < -0.4 is 15.8 Å². The molecule has 1 aliphatic rings. The van der Waals surface area contributed by atoms with Crippen LogP contribution in [0.25, 0.3) is 25.9 Å². The number of rotatable bonds is 4. The summed E-state index contributed by atoms with van der Waals surface area (Å²) in [5.74, 6) is 0. The number of fused-ring (bicyclic) bond motifs is 1. The van der Waals surface area contributed by atoms with E-state index >= 15 is 0 Å². The summed E-state index contributed by atoms with van der Waals surface area (Å²) in [6.45, 7) is 2.08. The molecular weight excluding hydrogens is 394 g/mol. The van der Waals surface area contributed by atoms with Crippen molar-refractivity contribution in [3.63, 3.8) is 0 Å². The molecule has 1 atom stereocenters. The van der Waals surface area contributed by atoms with Crippen molar-refractivity contribution in [1.29, 1.82) is 0 Å². The smallest absolute Gasteiger partial charge is 0.257 e. The predicted molar refractivity (Wildman–Crippen MR) is 113 cm³/mol. The van der Waals surface area contributed by atoms with Crippen LogP contribution >= 0.6 is 22.7 Å². The van der Waals surface area contributed by atoms with Crippen molar-refractivity contribution in [3.05, 3.63) is 41.1 Å². The second-order valence-corrected chi connectivity index (χ2v) is 8.74. The molecule has 144 valence electrons. The third kappa shape index (κ3) is 3.13. The number of aromatic amines is 1. The number of hydrogen-bond acceptors (Lipinski definition) is 8. The summed E-state index contributed by atoms with van der Waals surface area (Å²) < 4.78 is 1.57. The zero-order valence-electron chi connectivity index (χ0n) is 15.3. The van der Waals surface area contributed by atoms with Crippen molar-refractivity contribution in [1.82, 2.24) is 30.0 Å². The molecule has 1 aliphatic heterocycles. The summed E-state index contributed by atoms with van der Waals surface area (Å²) in [7, 11) is 2.10. The van der Waals surface area contributed by atoms with Gasteiger partial charge in [-0.3, -0.25) is 14.5 Å². The van der Waals surface area contributed by atoms with Gasteiger partial charge >= 0.3 is 0 Å². The summed E-state index contributed by atoms with van der Waals surface area (Å²) in [6.07, 6.45) is 7.58. The van der Waals surface area contributed by atoms with Crippen molar-refractivity contribution in [2.24, 2.45) is 0 Å². The van der Waals surface area contributed by atoms with Crippen molar-refractivity contribution in [2.45, 2.75) is 18.9 Å². The van der Waals surface area contributed by atoms with Crippen LogP contribution in [-0.2, 0) is 0 Å². The lowest BCUT2D eigenvalue weighted by atomic mass is 10.1. The number of likely N-dealkylation sites (N-methyl/N-ethyl adjacent to an activating group) is 1. The average molecular weight is 414 g/mol. The van der Waals surface area contributed by atoms with E-state index in [0.29, 0.717) is 11.2 Å². The average Bonchev–Trinajstić information content (AvgIpc) is 3.44. The molecule has 0 unspecified atom stereocenters. The molecule has 0 saturated carbocycles. The highest BCUT2D eigenvalue weighted by Crippen LogP contribution is 2.34. The molecular formula is C18H19N7OS2. The van der Waals surface area contributed by atoms with Gasteiger partial charge in [-0.1, -0.05) is 22.7 Å². The normalized spacial score (nSPS) is 17.2. The summed E-state index contributed by atoms with van der Waals surface area (Å²) >= 11 is 3.02. The molecule has 5 rings (SSSR count). The maximum atomic E-state index is 12.6.